The summed E-state index contributed by atoms with van der Waals surface area (Å²) in [4.78, 5) is 4.20. The van der Waals surface area contributed by atoms with Crippen molar-refractivity contribution in [3.05, 3.63) is 22.8 Å². The molecule has 4 nitrogen and oxygen atoms in total. The summed E-state index contributed by atoms with van der Waals surface area (Å²) in [6.45, 7) is 3.75. The van der Waals surface area contributed by atoms with Gasteiger partial charge in [-0.3, -0.25) is 0 Å². The summed E-state index contributed by atoms with van der Waals surface area (Å²) in [5.41, 5.74) is 0.452. The van der Waals surface area contributed by atoms with E-state index in [1.54, 1.807) is 12.3 Å². The van der Waals surface area contributed by atoms with Crippen molar-refractivity contribution in [1.82, 2.24) is 4.98 Å². The van der Waals surface area contributed by atoms with Crippen LogP contribution in [-0.2, 0) is 4.74 Å². The topological polar surface area (TPSA) is 57.9 Å². The van der Waals surface area contributed by atoms with Crippen LogP contribution in [0.3, 0.4) is 0 Å². The molecule has 96 valence electrons. The zero-order valence-electron chi connectivity index (χ0n) is 10.3. The molecule has 0 aliphatic carbocycles. The lowest BCUT2D eigenvalue weighted by Crippen LogP contribution is -2.31. The molecule has 0 spiro atoms. The monoisotopic (exact) mass is 265 g/mol. The lowest BCUT2D eigenvalue weighted by molar-refractivity contribution is 0.0622. The number of hydrogen-bond acceptors (Lipinski definition) is 4. The van der Waals surface area contributed by atoms with E-state index < -0.39 is 0 Å². The largest absolute Gasteiger partial charge is 0.381 e. The molecule has 2 heterocycles. The van der Waals surface area contributed by atoms with Gasteiger partial charge in [-0.05, 0) is 31.7 Å². The smallest absolute Gasteiger partial charge is 0.146 e. The summed E-state index contributed by atoms with van der Waals surface area (Å²) >= 11 is 6.12. The zero-order chi connectivity index (χ0) is 13.0. The summed E-state index contributed by atoms with van der Waals surface area (Å²) in [5.74, 6) is 1.15. The van der Waals surface area contributed by atoms with Crippen molar-refractivity contribution in [3.63, 3.8) is 0 Å². The van der Waals surface area contributed by atoms with Gasteiger partial charge in [-0.2, -0.15) is 5.26 Å². The van der Waals surface area contributed by atoms with Crippen molar-refractivity contribution in [2.75, 3.05) is 18.5 Å². The molecule has 0 bridgehead atoms. The Balaban J connectivity index is 2.07. The predicted molar refractivity (Wildman–Crippen MR) is 70.6 cm³/mol. The minimum Gasteiger partial charge on any atom is -0.381 e. The maximum atomic E-state index is 8.92. The number of pyridine rings is 1. The van der Waals surface area contributed by atoms with Crippen molar-refractivity contribution >= 4 is 17.4 Å². The fourth-order valence-electron chi connectivity index (χ4n) is 2.18. The van der Waals surface area contributed by atoms with Crippen LogP contribution in [0.5, 0.6) is 0 Å². The summed E-state index contributed by atoms with van der Waals surface area (Å²) in [6.07, 6.45) is 3.69. The van der Waals surface area contributed by atoms with E-state index in [2.05, 4.69) is 23.3 Å². The van der Waals surface area contributed by atoms with Crippen LogP contribution in [0.2, 0.25) is 5.02 Å². The van der Waals surface area contributed by atoms with Gasteiger partial charge in [0.25, 0.3) is 0 Å². The number of aromatic nitrogens is 1. The number of nitrogens with one attached hydrogen (secondary N) is 1. The fourth-order valence-corrected chi connectivity index (χ4v) is 2.39. The number of nitriles is 1. The van der Waals surface area contributed by atoms with Gasteiger partial charge in [-0.25, -0.2) is 4.98 Å². The number of ether oxygens (including phenoxy) is 1. The zero-order valence-corrected chi connectivity index (χ0v) is 11.1. The van der Waals surface area contributed by atoms with E-state index in [1.165, 1.54) is 0 Å². The van der Waals surface area contributed by atoms with Crippen molar-refractivity contribution in [1.29, 1.82) is 5.26 Å². The first kappa shape index (κ1) is 13.1. The van der Waals surface area contributed by atoms with Crippen LogP contribution in [0.1, 0.15) is 25.3 Å². The third-order valence-corrected chi connectivity index (χ3v) is 3.73. The van der Waals surface area contributed by atoms with Crippen LogP contribution >= 0.6 is 11.6 Å². The maximum Gasteiger partial charge on any atom is 0.146 e. The molecule has 0 aromatic carbocycles. The van der Waals surface area contributed by atoms with Crippen LogP contribution in [0.4, 0.5) is 5.82 Å². The van der Waals surface area contributed by atoms with Crippen molar-refractivity contribution < 1.29 is 4.74 Å². The summed E-state index contributed by atoms with van der Waals surface area (Å²) in [5, 5.41) is 12.6. The number of hydrogen-bond donors (Lipinski definition) is 1. The van der Waals surface area contributed by atoms with Crippen LogP contribution in [0, 0.1) is 17.2 Å². The SMILES string of the molecule is CC(Nc1nccc(C#N)c1Cl)C1CCOCC1. The quantitative estimate of drug-likeness (QED) is 0.913. The normalized spacial score (nSPS) is 18.1. The molecule has 5 heteroatoms. The molecule has 0 saturated carbocycles. The van der Waals surface area contributed by atoms with E-state index in [0.29, 0.717) is 22.3 Å². The van der Waals surface area contributed by atoms with E-state index in [9.17, 15) is 0 Å². The summed E-state index contributed by atoms with van der Waals surface area (Å²) in [6, 6.07) is 3.95. The Bertz CT molecular complexity index is 452. The molecule has 18 heavy (non-hydrogen) atoms. The molecule has 1 aliphatic rings. The van der Waals surface area contributed by atoms with Crippen LogP contribution < -0.4 is 5.32 Å². The van der Waals surface area contributed by atoms with E-state index >= 15 is 0 Å². The third kappa shape index (κ3) is 2.92. The van der Waals surface area contributed by atoms with E-state index in [0.717, 1.165) is 26.1 Å². The van der Waals surface area contributed by atoms with Gasteiger partial charge in [-0.15, -0.1) is 0 Å². The molecule has 0 radical (unpaired) electrons. The second-order valence-corrected chi connectivity index (χ2v) is 4.89. The van der Waals surface area contributed by atoms with E-state index in [-0.39, 0.29) is 6.04 Å². The highest BCUT2D eigenvalue weighted by Crippen LogP contribution is 2.26. The Morgan fingerprint density at radius 1 is 1.56 bits per heavy atom. The molecule has 1 saturated heterocycles. The first-order chi connectivity index (χ1) is 8.72. The lowest BCUT2D eigenvalue weighted by atomic mass is 9.93. The minimum atomic E-state index is 0.271. The molecule has 2 rings (SSSR count). The highest BCUT2D eigenvalue weighted by atomic mass is 35.5. The van der Waals surface area contributed by atoms with E-state index in [4.69, 9.17) is 21.6 Å². The summed E-state index contributed by atoms with van der Waals surface area (Å²) < 4.78 is 5.35. The first-order valence-electron chi connectivity index (χ1n) is 6.11. The first-order valence-corrected chi connectivity index (χ1v) is 6.49. The third-order valence-electron chi connectivity index (χ3n) is 3.35. The highest BCUT2D eigenvalue weighted by Gasteiger charge is 2.21. The Hall–Kier alpha value is -1.31. The molecule has 0 amide bonds. The van der Waals surface area contributed by atoms with Gasteiger partial charge in [0.15, 0.2) is 0 Å². The Morgan fingerprint density at radius 3 is 2.94 bits per heavy atom. The highest BCUT2D eigenvalue weighted by molar-refractivity contribution is 6.34. The predicted octanol–water partition coefficient (Wildman–Crippen LogP) is 2.83. The van der Waals surface area contributed by atoms with Crippen molar-refractivity contribution in [2.24, 2.45) is 5.92 Å². The van der Waals surface area contributed by atoms with Gasteiger partial charge in [-0.1, -0.05) is 11.6 Å². The summed E-state index contributed by atoms with van der Waals surface area (Å²) in [7, 11) is 0. The van der Waals surface area contributed by atoms with Crippen LogP contribution in [0.25, 0.3) is 0 Å². The van der Waals surface area contributed by atoms with E-state index in [1.807, 2.05) is 0 Å². The molecule has 1 fully saturated rings. The molecule has 1 aromatic rings. The lowest BCUT2D eigenvalue weighted by Gasteiger charge is -2.28. The second kappa shape index (κ2) is 6.03. The molecule has 1 atom stereocenters. The molecular weight excluding hydrogens is 250 g/mol. The van der Waals surface area contributed by atoms with Gasteiger partial charge in [0.1, 0.15) is 16.9 Å². The average molecular weight is 266 g/mol. The molecule has 1 aliphatic heterocycles. The maximum absolute atomic E-state index is 8.92. The molecule has 1 N–H and O–H groups in total. The Labute approximate surface area is 112 Å². The molecule has 1 unspecified atom stereocenters. The van der Waals surface area contributed by atoms with Crippen LogP contribution in [0.15, 0.2) is 12.3 Å². The number of halogens is 1. The average Bonchev–Trinajstić information content (AvgIpc) is 2.42. The van der Waals surface area contributed by atoms with Crippen molar-refractivity contribution in [2.45, 2.75) is 25.8 Å². The minimum absolute atomic E-state index is 0.271. The molecule has 1 aromatic heterocycles. The standard InChI is InChI=1S/C13H16ClN3O/c1-9(10-3-6-18-7-4-10)17-13-12(14)11(8-15)2-5-16-13/h2,5,9-10H,3-4,6-7H2,1H3,(H,16,17). The van der Waals surface area contributed by atoms with Gasteiger partial charge in [0.05, 0.1) is 5.56 Å². The Kier molecular flexibility index (Phi) is 4.40. The number of anilines is 1. The van der Waals surface area contributed by atoms with Gasteiger partial charge in [0.2, 0.25) is 0 Å². The second-order valence-electron chi connectivity index (χ2n) is 4.52. The van der Waals surface area contributed by atoms with Gasteiger partial charge in [0, 0.05) is 25.5 Å². The number of nitrogens with zero attached hydrogens (tertiary/aromatic N) is 2. The fraction of sp³-hybridized carbons (Fsp3) is 0.538. The van der Waals surface area contributed by atoms with Crippen molar-refractivity contribution in [3.8, 4) is 6.07 Å². The van der Waals surface area contributed by atoms with Gasteiger partial charge < -0.3 is 10.1 Å². The Morgan fingerprint density at radius 2 is 2.28 bits per heavy atom. The molecular formula is C13H16ClN3O. The number of rotatable bonds is 3. The van der Waals surface area contributed by atoms with Crippen LogP contribution in [-0.4, -0.2) is 24.2 Å². The van der Waals surface area contributed by atoms with Gasteiger partial charge >= 0.3 is 0 Å².